The Hall–Kier alpha value is -2.72. The SMILES string of the molecule is O=C(O)c1c(-c2cc3cc(Cl)ccc3o2)cn2ccccc12. The van der Waals surface area contributed by atoms with E-state index in [1.54, 1.807) is 34.9 Å². The van der Waals surface area contributed by atoms with E-state index in [1.165, 1.54) is 0 Å². The van der Waals surface area contributed by atoms with Gasteiger partial charge in [0.25, 0.3) is 0 Å². The summed E-state index contributed by atoms with van der Waals surface area (Å²) in [6, 6.07) is 12.5. The second-order valence-corrected chi connectivity index (χ2v) is 5.45. The maximum Gasteiger partial charge on any atom is 0.338 e. The van der Waals surface area contributed by atoms with Crippen molar-refractivity contribution < 1.29 is 14.3 Å². The lowest BCUT2D eigenvalue weighted by Gasteiger charge is -1.96. The molecular formula is C17H10ClNO3. The van der Waals surface area contributed by atoms with Crippen LogP contribution < -0.4 is 0 Å². The number of halogens is 1. The molecule has 5 heteroatoms. The zero-order valence-corrected chi connectivity index (χ0v) is 12.0. The summed E-state index contributed by atoms with van der Waals surface area (Å²) in [5, 5.41) is 11.0. The highest BCUT2D eigenvalue weighted by molar-refractivity contribution is 6.31. The van der Waals surface area contributed by atoms with E-state index in [0.29, 0.717) is 27.4 Å². The van der Waals surface area contributed by atoms with Crippen LogP contribution in [0.2, 0.25) is 5.02 Å². The van der Waals surface area contributed by atoms with E-state index >= 15 is 0 Å². The number of pyridine rings is 1. The van der Waals surface area contributed by atoms with Gasteiger partial charge in [-0.2, -0.15) is 0 Å². The first-order valence-electron chi connectivity index (χ1n) is 6.66. The van der Waals surface area contributed by atoms with Gasteiger partial charge in [-0.3, -0.25) is 0 Å². The van der Waals surface area contributed by atoms with Crippen molar-refractivity contribution in [2.75, 3.05) is 0 Å². The highest BCUT2D eigenvalue weighted by Gasteiger charge is 2.20. The van der Waals surface area contributed by atoms with E-state index < -0.39 is 5.97 Å². The molecule has 3 heterocycles. The molecule has 0 bridgehead atoms. The average molecular weight is 312 g/mol. The third-order valence-electron chi connectivity index (χ3n) is 3.64. The van der Waals surface area contributed by atoms with Gasteiger partial charge in [0.15, 0.2) is 0 Å². The van der Waals surface area contributed by atoms with E-state index in [2.05, 4.69) is 0 Å². The third-order valence-corrected chi connectivity index (χ3v) is 3.88. The second-order valence-electron chi connectivity index (χ2n) is 5.01. The smallest absolute Gasteiger partial charge is 0.338 e. The lowest BCUT2D eigenvalue weighted by atomic mass is 10.1. The van der Waals surface area contributed by atoms with Gasteiger partial charge in [0.1, 0.15) is 11.3 Å². The van der Waals surface area contributed by atoms with Gasteiger partial charge in [0.05, 0.1) is 16.6 Å². The fourth-order valence-corrected chi connectivity index (χ4v) is 2.86. The monoisotopic (exact) mass is 311 g/mol. The Morgan fingerprint density at radius 1 is 1.18 bits per heavy atom. The van der Waals surface area contributed by atoms with E-state index in [9.17, 15) is 9.90 Å². The number of fused-ring (bicyclic) bond motifs is 2. The van der Waals surface area contributed by atoms with E-state index in [4.69, 9.17) is 16.0 Å². The van der Waals surface area contributed by atoms with Crippen LogP contribution in [0.3, 0.4) is 0 Å². The zero-order chi connectivity index (χ0) is 15.3. The van der Waals surface area contributed by atoms with E-state index in [0.717, 1.165) is 5.39 Å². The van der Waals surface area contributed by atoms with Gasteiger partial charge in [-0.25, -0.2) is 4.79 Å². The lowest BCUT2D eigenvalue weighted by molar-refractivity contribution is 0.0699. The molecule has 0 spiro atoms. The minimum atomic E-state index is -0.984. The fourth-order valence-electron chi connectivity index (χ4n) is 2.68. The van der Waals surface area contributed by atoms with Crippen molar-refractivity contribution in [3.8, 4) is 11.3 Å². The Kier molecular flexibility index (Phi) is 2.74. The van der Waals surface area contributed by atoms with Crippen LogP contribution in [0.1, 0.15) is 10.4 Å². The maximum atomic E-state index is 11.7. The van der Waals surface area contributed by atoms with Gasteiger partial charge in [-0.05, 0) is 36.4 Å². The van der Waals surface area contributed by atoms with Crippen molar-refractivity contribution in [3.63, 3.8) is 0 Å². The molecule has 0 aliphatic carbocycles. The number of aromatic carboxylic acids is 1. The molecule has 0 aliphatic heterocycles. The molecule has 0 fully saturated rings. The van der Waals surface area contributed by atoms with Gasteiger partial charge in [-0.15, -0.1) is 0 Å². The molecule has 0 unspecified atom stereocenters. The summed E-state index contributed by atoms with van der Waals surface area (Å²) >= 11 is 5.98. The van der Waals surface area contributed by atoms with Crippen molar-refractivity contribution >= 4 is 34.1 Å². The predicted octanol–water partition coefficient (Wildman–Crippen LogP) is 4.70. The number of carbonyl (C=O) groups is 1. The van der Waals surface area contributed by atoms with Crippen molar-refractivity contribution in [1.29, 1.82) is 0 Å². The number of rotatable bonds is 2. The minimum Gasteiger partial charge on any atom is -0.478 e. The van der Waals surface area contributed by atoms with Gasteiger partial charge in [0, 0.05) is 22.8 Å². The molecule has 0 aliphatic rings. The highest BCUT2D eigenvalue weighted by atomic mass is 35.5. The van der Waals surface area contributed by atoms with Crippen LogP contribution in [0.15, 0.2) is 59.3 Å². The van der Waals surface area contributed by atoms with Crippen LogP contribution >= 0.6 is 11.6 Å². The van der Waals surface area contributed by atoms with Crippen molar-refractivity contribution in [1.82, 2.24) is 4.40 Å². The highest BCUT2D eigenvalue weighted by Crippen LogP contribution is 2.34. The fraction of sp³-hybridized carbons (Fsp3) is 0. The molecule has 0 saturated carbocycles. The molecule has 0 atom stereocenters. The summed E-state index contributed by atoms with van der Waals surface area (Å²) in [6.45, 7) is 0. The molecule has 0 radical (unpaired) electrons. The van der Waals surface area contributed by atoms with Crippen LogP contribution in [0.5, 0.6) is 0 Å². The molecule has 4 aromatic rings. The van der Waals surface area contributed by atoms with Crippen LogP contribution in [0.25, 0.3) is 27.8 Å². The molecule has 4 nitrogen and oxygen atoms in total. The molecule has 4 rings (SSSR count). The lowest BCUT2D eigenvalue weighted by Crippen LogP contribution is -1.97. The summed E-state index contributed by atoms with van der Waals surface area (Å²) in [5.74, 6) is -0.472. The maximum absolute atomic E-state index is 11.7. The standard InChI is InChI=1S/C17H10ClNO3/c18-11-4-5-14-10(7-11)8-15(22-14)12-9-19-6-2-1-3-13(19)16(12)17(20)21/h1-9H,(H,20,21). The third kappa shape index (κ3) is 1.89. The first kappa shape index (κ1) is 13.0. The summed E-state index contributed by atoms with van der Waals surface area (Å²) < 4.78 is 7.57. The van der Waals surface area contributed by atoms with Crippen LogP contribution in [0.4, 0.5) is 0 Å². The van der Waals surface area contributed by atoms with E-state index in [1.807, 2.05) is 24.4 Å². The van der Waals surface area contributed by atoms with Crippen molar-refractivity contribution in [2.45, 2.75) is 0 Å². The number of nitrogens with zero attached hydrogens (tertiary/aromatic N) is 1. The van der Waals surface area contributed by atoms with Crippen molar-refractivity contribution in [3.05, 3.63) is 65.4 Å². The second kappa shape index (κ2) is 4.64. The topological polar surface area (TPSA) is 54.8 Å². The zero-order valence-electron chi connectivity index (χ0n) is 11.3. The largest absolute Gasteiger partial charge is 0.478 e. The quantitative estimate of drug-likeness (QED) is 0.583. The summed E-state index contributed by atoms with van der Waals surface area (Å²) in [4.78, 5) is 11.7. The molecule has 108 valence electrons. The molecule has 3 aromatic heterocycles. The number of aromatic nitrogens is 1. The molecule has 0 saturated heterocycles. The normalized spacial score (nSPS) is 11.3. The first-order chi connectivity index (χ1) is 10.6. The molecule has 22 heavy (non-hydrogen) atoms. The van der Waals surface area contributed by atoms with Gasteiger partial charge >= 0.3 is 5.97 Å². The van der Waals surface area contributed by atoms with Crippen LogP contribution in [0, 0.1) is 0 Å². The van der Waals surface area contributed by atoms with E-state index in [-0.39, 0.29) is 5.56 Å². The number of hydrogen-bond acceptors (Lipinski definition) is 2. The summed E-state index contributed by atoms with van der Waals surface area (Å²) in [5.41, 5.74) is 2.08. The van der Waals surface area contributed by atoms with Crippen molar-refractivity contribution in [2.24, 2.45) is 0 Å². The van der Waals surface area contributed by atoms with Crippen LogP contribution in [-0.4, -0.2) is 15.5 Å². The van der Waals surface area contributed by atoms with Gasteiger partial charge < -0.3 is 13.9 Å². The number of carboxylic acid groups (broad SMARTS) is 1. The number of hydrogen-bond donors (Lipinski definition) is 1. The van der Waals surface area contributed by atoms with Crippen LogP contribution in [-0.2, 0) is 0 Å². The minimum absolute atomic E-state index is 0.228. The average Bonchev–Trinajstić information content (AvgIpc) is 3.06. The summed E-state index contributed by atoms with van der Waals surface area (Å²) in [7, 11) is 0. The molecule has 1 aromatic carbocycles. The Balaban J connectivity index is 2.02. The summed E-state index contributed by atoms with van der Waals surface area (Å²) in [6.07, 6.45) is 3.57. The Labute approximate surface area is 130 Å². The Morgan fingerprint density at radius 2 is 2.05 bits per heavy atom. The molecular weight excluding hydrogens is 302 g/mol. The predicted molar refractivity (Wildman–Crippen MR) is 84.6 cm³/mol. The van der Waals surface area contributed by atoms with Gasteiger partial charge in [-0.1, -0.05) is 17.7 Å². The molecule has 1 N–H and O–H groups in total. The Morgan fingerprint density at radius 3 is 2.86 bits per heavy atom. The number of carboxylic acids is 1. The first-order valence-corrected chi connectivity index (χ1v) is 7.04. The Bertz CT molecular complexity index is 1030. The number of benzene rings is 1. The van der Waals surface area contributed by atoms with Gasteiger partial charge in [0.2, 0.25) is 0 Å². The molecule has 0 amide bonds. The number of furan rings is 1.